The van der Waals surface area contributed by atoms with Crippen LogP contribution in [0, 0.1) is 5.92 Å². The Morgan fingerprint density at radius 1 is 1.42 bits per heavy atom. The minimum absolute atomic E-state index is 0.0137. The highest BCUT2D eigenvalue weighted by Gasteiger charge is 2.46. The third-order valence-electron chi connectivity index (χ3n) is 4.89. The van der Waals surface area contributed by atoms with Crippen molar-refractivity contribution in [2.75, 3.05) is 0 Å². The van der Waals surface area contributed by atoms with Gasteiger partial charge in [-0.3, -0.25) is 0 Å². The predicted molar refractivity (Wildman–Crippen MR) is 81.3 cm³/mol. The van der Waals surface area contributed by atoms with Crippen molar-refractivity contribution in [3.8, 4) is 5.75 Å². The van der Waals surface area contributed by atoms with Crippen LogP contribution in [0.5, 0.6) is 5.75 Å². The van der Waals surface area contributed by atoms with E-state index in [1.807, 2.05) is 0 Å². The first-order valence-corrected chi connectivity index (χ1v) is 8.18. The fourth-order valence-electron chi connectivity index (χ4n) is 3.91. The first-order valence-electron chi connectivity index (χ1n) is 7.38. The summed E-state index contributed by atoms with van der Waals surface area (Å²) in [6.07, 6.45) is 7.21. The van der Waals surface area contributed by atoms with Gasteiger partial charge in [0.2, 0.25) is 0 Å². The molecule has 1 aromatic rings. The molecule has 2 nitrogen and oxygen atoms in total. The Labute approximate surface area is 123 Å². The number of ether oxygens (including phenoxy) is 1. The third-order valence-corrected chi connectivity index (χ3v) is 5.39. The molecule has 19 heavy (non-hydrogen) atoms. The second kappa shape index (κ2) is 5.10. The van der Waals surface area contributed by atoms with Gasteiger partial charge in [-0.1, -0.05) is 35.3 Å². The van der Waals surface area contributed by atoms with Crippen molar-refractivity contribution >= 4 is 15.9 Å². The fourth-order valence-corrected chi connectivity index (χ4v) is 4.25. The van der Waals surface area contributed by atoms with Crippen molar-refractivity contribution in [2.45, 2.75) is 57.1 Å². The van der Waals surface area contributed by atoms with Crippen molar-refractivity contribution in [1.29, 1.82) is 0 Å². The number of rotatable bonds is 1. The molecular formula is C16H22BrNO. The zero-order chi connectivity index (χ0) is 13.5. The second-order valence-electron chi connectivity index (χ2n) is 6.01. The minimum Gasteiger partial charge on any atom is -0.487 e. The van der Waals surface area contributed by atoms with Crippen molar-refractivity contribution in [3.05, 3.63) is 28.2 Å². The number of benzene rings is 1. The van der Waals surface area contributed by atoms with E-state index in [0.717, 1.165) is 28.6 Å². The van der Waals surface area contributed by atoms with Gasteiger partial charge in [0, 0.05) is 22.5 Å². The smallest absolute Gasteiger partial charge is 0.126 e. The zero-order valence-electron chi connectivity index (χ0n) is 11.5. The van der Waals surface area contributed by atoms with Crippen LogP contribution in [0.15, 0.2) is 22.7 Å². The number of halogens is 1. The van der Waals surface area contributed by atoms with Crippen LogP contribution >= 0.6 is 15.9 Å². The lowest BCUT2D eigenvalue weighted by Crippen LogP contribution is -2.50. The van der Waals surface area contributed by atoms with Gasteiger partial charge >= 0.3 is 0 Å². The summed E-state index contributed by atoms with van der Waals surface area (Å²) in [6.45, 7) is 2.28. The second-order valence-corrected chi connectivity index (χ2v) is 6.93. The molecule has 3 atom stereocenters. The van der Waals surface area contributed by atoms with Crippen LogP contribution in [0.3, 0.4) is 0 Å². The molecule has 2 unspecified atom stereocenters. The molecular weight excluding hydrogens is 302 g/mol. The third kappa shape index (κ3) is 2.31. The van der Waals surface area contributed by atoms with Crippen LogP contribution in [-0.4, -0.2) is 5.60 Å². The predicted octanol–water partition coefficient (Wildman–Crippen LogP) is 4.57. The van der Waals surface area contributed by atoms with E-state index in [2.05, 4.69) is 41.1 Å². The summed E-state index contributed by atoms with van der Waals surface area (Å²) in [6, 6.07) is 6.35. The molecule has 0 amide bonds. The van der Waals surface area contributed by atoms with Crippen LogP contribution in [0.1, 0.15) is 57.1 Å². The normalized spacial score (nSPS) is 33.8. The van der Waals surface area contributed by atoms with Gasteiger partial charge in [0.1, 0.15) is 11.4 Å². The highest BCUT2D eigenvalue weighted by atomic mass is 79.9. The van der Waals surface area contributed by atoms with Gasteiger partial charge in [-0.2, -0.15) is 0 Å². The average molecular weight is 324 g/mol. The quantitative estimate of drug-likeness (QED) is 0.821. The molecule has 1 heterocycles. The largest absolute Gasteiger partial charge is 0.487 e. The monoisotopic (exact) mass is 323 g/mol. The van der Waals surface area contributed by atoms with E-state index in [-0.39, 0.29) is 11.6 Å². The molecule has 1 aromatic carbocycles. The molecule has 3 rings (SSSR count). The molecule has 2 aliphatic rings. The lowest BCUT2D eigenvalue weighted by atomic mass is 9.69. The highest BCUT2D eigenvalue weighted by molar-refractivity contribution is 9.10. The Kier molecular flexibility index (Phi) is 3.61. The van der Waals surface area contributed by atoms with Gasteiger partial charge in [-0.15, -0.1) is 0 Å². The number of hydrogen-bond acceptors (Lipinski definition) is 2. The van der Waals surface area contributed by atoms with E-state index < -0.39 is 0 Å². The van der Waals surface area contributed by atoms with Crippen molar-refractivity contribution < 1.29 is 4.74 Å². The van der Waals surface area contributed by atoms with Crippen LogP contribution in [0.4, 0.5) is 0 Å². The standard InChI is InChI=1S/C16H22BrNO/c1-2-11-5-3-4-8-16(11)10-14(18)13-7-6-12(17)9-15(13)19-16/h6-7,9,11,14H,2-5,8,10,18H2,1H3/t11?,14-,16?/m0/s1. The minimum atomic E-state index is -0.0137. The van der Waals surface area contributed by atoms with E-state index in [0.29, 0.717) is 5.92 Å². The first-order chi connectivity index (χ1) is 9.14. The molecule has 1 saturated carbocycles. The fraction of sp³-hybridized carbons (Fsp3) is 0.625. The Balaban J connectivity index is 1.98. The molecule has 0 saturated heterocycles. The maximum atomic E-state index is 6.51. The van der Waals surface area contributed by atoms with Gasteiger partial charge in [0.15, 0.2) is 0 Å². The molecule has 104 valence electrons. The Morgan fingerprint density at radius 3 is 3.05 bits per heavy atom. The van der Waals surface area contributed by atoms with Crippen LogP contribution in [0.25, 0.3) is 0 Å². The van der Waals surface area contributed by atoms with E-state index in [1.54, 1.807) is 0 Å². The van der Waals surface area contributed by atoms with Gasteiger partial charge in [0.05, 0.1) is 0 Å². The van der Waals surface area contributed by atoms with Crippen molar-refractivity contribution in [3.63, 3.8) is 0 Å². The average Bonchev–Trinajstić information content (AvgIpc) is 2.38. The van der Waals surface area contributed by atoms with E-state index in [9.17, 15) is 0 Å². The number of fused-ring (bicyclic) bond motifs is 1. The summed E-state index contributed by atoms with van der Waals surface area (Å²) < 4.78 is 7.57. The van der Waals surface area contributed by atoms with Crippen molar-refractivity contribution in [2.24, 2.45) is 11.7 Å². The highest BCUT2D eigenvalue weighted by Crippen LogP contribution is 2.49. The lowest BCUT2D eigenvalue weighted by molar-refractivity contribution is -0.0490. The summed E-state index contributed by atoms with van der Waals surface area (Å²) in [5, 5.41) is 0. The molecule has 1 aliphatic heterocycles. The first kappa shape index (κ1) is 13.4. The Morgan fingerprint density at radius 2 is 2.26 bits per heavy atom. The topological polar surface area (TPSA) is 35.2 Å². The van der Waals surface area contributed by atoms with E-state index in [1.165, 1.54) is 25.7 Å². The van der Waals surface area contributed by atoms with Gasteiger partial charge in [0.25, 0.3) is 0 Å². The molecule has 1 spiro atoms. The maximum Gasteiger partial charge on any atom is 0.126 e. The molecule has 2 N–H and O–H groups in total. The SMILES string of the molecule is CCC1CCCCC12C[C@H](N)c1ccc(Br)cc1O2. The molecule has 1 fully saturated rings. The molecule has 0 aromatic heterocycles. The summed E-state index contributed by atoms with van der Waals surface area (Å²) >= 11 is 3.53. The maximum absolute atomic E-state index is 6.51. The molecule has 0 radical (unpaired) electrons. The summed E-state index contributed by atoms with van der Waals surface area (Å²) in [5.41, 5.74) is 7.57. The number of nitrogens with two attached hydrogens (primary N) is 1. The lowest BCUT2D eigenvalue weighted by Gasteiger charge is -2.48. The number of hydrogen-bond donors (Lipinski definition) is 1. The molecule has 0 bridgehead atoms. The van der Waals surface area contributed by atoms with Gasteiger partial charge in [-0.05, 0) is 43.7 Å². The molecule has 3 heteroatoms. The van der Waals surface area contributed by atoms with E-state index in [4.69, 9.17) is 10.5 Å². The van der Waals surface area contributed by atoms with Gasteiger partial charge < -0.3 is 10.5 Å². The van der Waals surface area contributed by atoms with Crippen LogP contribution < -0.4 is 10.5 Å². The van der Waals surface area contributed by atoms with Gasteiger partial charge in [-0.25, -0.2) is 0 Å². The summed E-state index contributed by atoms with van der Waals surface area (Å²) in [4.78, 5) is 0. The van der Waals surface area contributed by atoms with E-state index >= 15 is 0 Å². The van der Waals surface area contributed by atoms with Crippen LogP contribution in [0.2, 0.25) is 0 Å². The zero-order valence-corrected chi connectivity index (χ0v) is 13.1. The Hall–Kier alpha value is -0.540. The molecule has 1 aliphatic carbocycles. The summed E-state index contributed by atoms with van der Waals surface area (Å²) in [5.74, 6) is 1.65. The van der Waals surface area contributed by atoms with Crippen molar-refractivity contribution in [1.82, 2.24) is 0 Å². The Bertz CT molecular complexity index is 476. The summed E-state index contributed by atoms with van der Waals surface area (Å²) in [7, 11) is 0. The van der Waals surface area contributed by atoms with Crippen LogP contribution in [-0.2, 0) is 0 Å².